The molecule has 0 fully saturated rings. The van der Waals surface area contributed by atoms with Crippen molar-refractivity contribution in [3.63, 3.8) is 0 Å². The molecular weight excluding hydrogens is 306 g/mol. The summed E-state index contributed by atoms with van der Waals surface area (Å²) in [4.78, 5) is 16.9. The van der Waals surface area contributed by atoms with Crippen LogP contribution in [0.3, 0.4) is 0 Å². The minimum atomic E-state index is -0.212. The lowest BCUT2D eigenvalue weighted by molar-refractivity contribution is 0.103. The largest absolute Gasteiger partial charge is 0.478 e. The Balaban J connectivity index is 1.72. The third kappa shape index (κ3) is 3.56. The zero-order valence-corrected chi connectivity index (χ0v) is 13.7. The zero-order chi connectivity index (χ0) is 16.9. The molecule has 5 nitrogen and oxygen atoms in total. The van der Waals surface area contributed by atoms with Gasteiger partial charge in [-0.2, -0.15) is 0 Å². The summed E-state index contributed by atoms with van der Waals surface area (Å²) >= 11 is 0. The topological polar surface area (TPSA) is 57.1 Å². The van der Waals surface area contributed by atoms with Gasteiger partial charge in [-0.25, -0.2) is 4.99 Å². The van der Waals surface area contributed by atoms with Crippen LogP contribution >= 0.6 is 0 Å². The molecule has 0 bridgehead atoms. The SMILES string of the molecule is COC(=NC(C)Cc1ccc2c(c1)OCO2)C(=O)c1ccccc1. The number of methoxy groups -OCH3 is 1. The highest BCUT2D eigenvalue weighted by Crippen LogP contribution is 2.32. The Kier molecular flexibility index (Phi) is 4.79. The Morgan fingerprint density at radius 1 is 1.17 bits per heavy atom. The number of Topliss-reactive ketones (excluding diaryl/α,β-unsaturated/α-hetero) is 1. The van der Waals surface area contributed by atoms with E-state index in [0.29, 0.717) is 12.0 Å². The van der Waals surface area contributed by atoms with Gasteiger partial charge in [-0.1, -0.05) is 36.4 Å². The molecule has 2 aromatic carbocycles. The first-order valence-electron chi connectivity index (χ1n) is 7.77. The monoisotopic (exact) mass is 325 g/mol. The van der Waals surface area contributed by atoms with Crippen LogP contribution < -0.4 is 9.47 Å². The summed E-state index contributed by atoms with van der Waals surface area (Å²) < 4.78 is 15.9. The second-order valence-corrected chi connectivity index (χ2v) is 5.57. The Labute approximate surface area is 140 Å². The predicted molar refractivity (Wildman–Crippen MR) is 90.9 cm³/mol. The van der Waals surface area contributed by atoms with E-state index < -0.39 is 0 Å². The van der Waals surface area contributed by atoms with Gasteiger partial charge in [-0.05, 0) is 31.0 Å². The van der Waals surface area contributed by atoms with Gasteiger partial charge in [-0.15, -0.1) is 0 Å². The second-order valence-electron chi connectivity index (χ2n) is 5.57. The lowest BCUT2D eigenvalue weighted by Gasteiger charge is -2.10. The third-order valence-electron chi connectivity index (χ3n) is 3.73. The summed E-state index contributed by atoms with van der Waals surface area (Å²) in [5.41, 5.74) is 1.63. The smallest absolute Gasteiger partial charge is 0.258 e. The van der Waals surface area contributed by atoms with Crippen molar-refractivity contribution in [3.05, 3.63) is 59.7 Å². The molecule has 3 rings (SSSR count). The molecule has 5 heteroatoms. The lowest BCUT2D eigenvalue weighted by Crippen LogP contribution is -2.19. The second kappa shape index (κ2) is 7.17. The van der Waals surface area contributed by atoms with Crippen molar-refractivity contribution in [3.8, 4) is 11.5 Å². The molecule has 1 unspecified atom stereocenters. The van der Waals surface area contributed by atoms with Crippen molar-refractivity contribution in [2.75, 3.05) is 13.9 Å². The maximum atomic E-state index is 12.4. The molecule has 24 heavy (non-hydrogen) atoms. The van der Waals surface area contributed by atoms with E-state index in [9.17, 15) is 4.79 Å². The van der Waals surface area contributed by atoms with Crippen molar-refractivity contribution >= 4 is 11.7 Å². The molecule has 124 valence electrons. The van der Waals surface area contributed by atoms with E-state index >= 15 is 0 Å². The highest BCUT2D eigenvalue weighted by Gasteiger charge is 2.17. The number of nitrogens with zero attached hydrogens (tertiary/aromatic N) is 1. The van der Waals surface area contributed by atoms with Crippen LogP contribution in [0, 0.1) is 0 Å². The van der Waals surface area contributed by atoms with Gasteiger partial charge >= 0.3 is 0 Å². The summed E-state index contributed by atoms with van der Waals surface area (Å²) in [5, 5.41) is 0. The fourth-order valence-corrected chi connectivity index (χ4v) is 2.57. The number of hydrogen-bond acceptors (Lipinski definition) is 5. The van der Waals surface area contributed by atoms with Crippen LogP contribution in [0.5, 0.6) is 11.5 Å². The van der Waals surface area contributed by atoms with Gasteiger partial charge in [0.15, 0.2) is 11.5 Å². The van der Waals surface area contributed by atoms with E-state index in [-0.39, 0.29) is 24.5 Å². The fraction of sp³-hybridized carbons (Fsp3) is 0.263. The maximum Gasteiger partial charge on any atom is 0.258 e. The Morgan fingerprint density at radius 3 is 2.67 bits per heavy atom. The van der Waals surface area contributed by atoms with Crippen molar-refractivity contribution in [2.45, 2.75) is 19.4 Å². The van der Waals surface area contributed by atoms with Crippen LogP contribution in [-0.2, 0) is 11.2 Å². The van der Waals surface area contributed by atoms with Gasteiger partial charge in [-0.3, -0.25) is 4.79 Å². The van der Waals surface area contributed by atoms with Crippen LogP contribution in [0.15, 0.2) is 53.5 Å². The molecule has 1 aliphatic rings. The van der Waals surface area contributed by atoms with Crippen LogP contribution in [0.1, 0.15) is 22.8 Å². The highest BCUT2D eigenvalue weighted by atomic mass is 16.7. The average Bonchev–Trinajstić information content (AvgIpc) is 3.07. The van der Waals surface area contributed by atoms with Crippen LogP contribution in [0.4, 0.5) is 0 Å². The van der Waals surface area contributed by atoms with Gasteiger partial charge in [0.2, 0.25) is 12.6 Å². The van der Waals surface area contributed by atoms with Gasteiger partial charge < -0.3 is 14.2 Å². The van der Waals surface area contributed by atoms with Crippen LogP contribution in [0.25, 0.3) is 0 Å². The van der Waals surface area contributed by atoms with E-state index in [4.69, 9.17) is 14.2 Å². The first-order valence-corrected chi connectivity index (χ1v) is 7.77. The van der Waals surface area contributed by atoms with E-state index in [0.717, 1.165) is 17.1 Å². The molecule has 0 amide bonds. The highest BCUT2D eigenvalue weighted by molar-refractivity contribution is 6.42. The number of benzene rings is 2. The number of rotatable bonds is 5. The van der Waals surface area contributed by atoms with Crippen molar-refractivity contribution < 1.29 is 19.0 Å². The Bertz CT molecular complexity index is 755. The van der Waals surface area contributed by atoms with Crippen molar-refractivity contribution in [1.29, 1.82) is 0 Å². The fourth-order valence-electron chi connectivity index (χ4n) is 2.57. The number of carbonyl (C=O) groups excluding carboxylic acids is 1. The van der Waals surface area contributed by atoms with Gasteiger partial charge in [0.05, 0.1) is 13.2 Å². The average molecular weight is 325 g/mol. The zero-order valence-electron chi connectivity index (χ0n) is 13.7. The number of ketones is 1. The number of fused-ring (bicyclic) bond motifs is 1. The molecule has 1 atom stereocenters. The van der Waals surface area contributed by atoms with Crippen LogP contribution in [-0.4, -0.2) is 31.6 Å². The Hall–Kier alpha value is -2.82. The van der Waals surface area contributed by atoms with E-state index in [1.807, 2.05) is 43.3 Å². The van der Waals surface area contributed by atoms with E-state index in [1.54, 1.807) is 12.1 Å². The predicted octanol–water partition coefficient (Wildman–Crippen LogP) is 3.27. The summed E-state index contributed by atoms with van der Waals surface area (Å²) in [7, 11) is 1.47. The molecule has 0 aliphatic carbocycles. The van der Waals surface area contributed by atoms with E-state index in [2.05, 4.69) is 4.99 Å². The minimum absolute atomic E-state index is 0.104. The first kappa shape index (κ1) is 16.1. The van der Waals surface area contributed by atoms with Crippen LogP contribution in [0.2, 0.25) is 0 Å². The first-order chi connectivity index (χ1) is 11.7. The molecule has 2 aromatic rings. The number of carbonyl (C=O) groups is 1. The lowest BCUT2D eigenvalue weighted by atomic mass is 10.1. The van der Waals surface area contributed by atoms with E-state index in [1.165, 1.54) is 7.11 Å². The van der Waals surface area contributed by atoms with Gasteiger partial charge in [0.1, 0.15) is 0 Å². The van der Waals surface area contributed by atoms with Gasteiger partial charge in [0, 0.05) is 5.56 Å². The summed E-state index contributed by atoms with van der Waals surface area (Å²) in [5.74, 6) is 1.41. The standard InChI is InChI=1S/C19H19NO4/c1-13(10-14-8-9-16-17(11-14)24-12-23-16)20-19(22-2)18(21)15-6-4-3-5-7-15/h3-9,11,13H,10,12H2,1-2H3. The van der Waals surface area contributed by atoms with Crippen molar-refractivity contribution in [2.24, 2.45) is 4.99 Å². The maximum absolute atomic E-state index is 12.4. The minimum Gasteiger partial charge on any atom is -0.478 e. The third-order valence-corrected chi connectivity index (χ3v) is 3.73. The summed E-state index contributed by atoms with van der Waals surface area (Å²) in [6.07, 6.45) is 0.672. The summed E-state index contributed by atoms with van der Waals surface area (Å²) in [6, 6.07) is 14.7. The molecule has 0 aromatic heterocycles. The normalized spacial score (nSPS) is 14.3. The Morgan fingerprint density at radius 2 is 1.92 bits per heavy atom. The molecule has 1 aliphatic heterocycles. The number of aliphatic imine (C=N–C) groups is 1. The molecule has 0 N–H and O–H groups in total. The molecule has 0 saturated carbocycles. The van der Waals surface area contributed by atoms with Crippen molar-refractivity contribution in [1.82, 2.24) is 0 Å². The molecular formula is C19H19NO4. The number of hydrogen-bond donors (Lipinski definition) is 0. The molecule has 0 radical (unpaired) electrons. The summed E-state index contributed by atoms with van der Waals surface area (Å²) in [6.45, 7) is 2.20. The molecule has 0 spiro atoms. The number of ether oxygens (including phenoxy) is 3. The molecule has 0 saturated heterocycles. The van der Waals surface area contributed by atoms with Gasteiger partial charge in [0.25, 0.3) is 5.90 Å². The quantitative estimate of drug-likeness (QED) is 0.481. The molecule has 1 heterocycles.